The Hall–Kier alpha value is -0.860. The largest absolute Gasteiger partial charge is 0.479 e. The first-order chi connectivity index (χ1) is 4.65. The average Bonchev–Trinajstić information content (AvgIpc) is 1.89. The normalized spacial score (nSPS) is 32.1. The van der Waals surface area contributed by atoms with Crippen LogP contribution in [0.3, 0.4) is 0 Å². The van der Waals surface area contributed by atoms with Crippen LogP contribution in [0.15, 0.2) is 12.2 Å². The molecule has 0 spiro atoms. The van der Waals surface area contributed by atoms with Crippen molar-refractivity contribution in [2.45, 2.75) is 24.9 Å². The van der Waals surface area contributed by atoms with Crippen molar-refractivity contribution in [2.24, 2.45) is 0 Å². The first-order valence-electron chi connectivity index (χ1n) is 3.22. The van der Waals surface area contributed by atoms with Crippen LogP contribution in [0.2, 0.25) is 0 Å². The molecule has 1 atom stereocenters. The summed E-state index contributed by atoms with van der Waals surface area (Å²) in [7, 11) is 0. The zero-order valence-corrected chi connectivity index (χ0v) is 5.51. The van der Waals surface area contributed by atoms with Crippen molar-refractivity contribution < 1.29 is 14.3 Å². The summed E-state index contributed by atoms with van der Waals surface area (Å²) in [6, 6.07) is 0. The maximum atomic E-state index is 13.0. The minimum Gasteiger partial charge on any atom is -0.479 e. The van der Waals surface area contributed by atoms with Crippen molar-refractivity contribution in [3.8, 4) is 0 Å². The van der Waals surface area contributed by atoms with Crippen LogP contribution in [0.4, 0.5) is 4.39 Å². The molecule has 0 aliphatic heterocycles. The van der Waals surface area contributed by atoms with Crippen molar-refractivity contribution in [1.29, 1.82) is 0 Å². The summed E-state index contributed by atoms with van der Waals surface area (Å²) >= 11 is 0. The Morgan fingerprint density at radius 1 is 1.60 bits per heavy atom. The SMILES string of the molecule is O=C(O)[C@]1(F)CC=CCC1. The Morgan fingerprint density at radius 3 is 2.60 bits per heavy atom. The summed E-state index contributed by atoms with van der Waals surface area (Å²) in [6.07, 6.45) is 4.04. The average molecular weight is 144 g/mol. The topological polar surface area (TPSA) is 37.3 Å². The number of carboxylic acid groups (broad SMARTS) is 1. The summed E-state index contributed by atoms with van der Waals surface area (Å²) in [6.45, 7) is 0. The molecular formula is C7H9FO2. The van der Waals surface area contributed by atoms with Crippen LogP contribution >= 0.6 is 0 Å². The molecule has 1 aliphatic carbocycles. The molecule has 0 amide bonds. The fourth-order valence-corrected chi connectivity index (χ4v) is 0.996. The van der Waals surface area contributed by atoms with Gasteiger partial charge in [0.05, 0.1) is 0 Å². The van der Waals surface area contributed by atoms with E-state index in [4.69, 9.17) is 5.11 Å². The molecule has 56 valence electrons. The van der Waals surface area contributed by atoms with Crippen molar-refractivity contribution in [2.75, 3.05) is 0 Å². The Morgan fingerprint density at radius 2 is 2.30 bits per heavy atom. The first kappa shape index (κ1) is 7.25. The second-order valence-electron chi connectivity index (χ2n) is 2.48. The Bertz CT molecular complexity index is 176. The van der Waals surface area contributed by atoms with Crippen LogP contribution in [0, 0.1) is 0 Å². The number of rotatable bonds is 1. The molecule has 1 aliphatic rings. The lowest BCUT2D eigenvalue weighted by molar-refractivity contribution is -0.151. The molecule has 2 nitrogen and oxygen atoms in total. The quantitative estimate of drug-likeness (QED) is 0.566. The molecule has 0 aromatic heterocycles. The summed E-state index contributed by atoms with van der Waals surface area (Å²) in [5, 5.41) is 8.39. The van der Waals surface area contributed by atoms with Crippen molar-refractivity contribution in [3.63, 3.8) is 0 Å². The minimum absolute atomic E-state index is 0.0162. The monoisotopic (exact) mass is 144 g/mol. The van der Waals surface area contributed by atoms with Gasteiger partial charge in [-0.25, -0.2) is 9.18 Å². The maximum Gasteiger partial charge on any atom is 0.341 e. The number of hydrogen-bond donors (Lipinski definition) is 1. The van der Waals surface area contributed by atoms with E-state index in [0.717, 1.165) is 0 Å². The van der Waals surface area contributed by atoms with E-state index in [-0.39, 0.29) is 12.8 Å². The first-order valence-corrected chi connectivity index (χ1v) is 3.22. The van der Waals surface area contributed by atoms with E-state index in [0.29, 0.717) is 6.42 Å². The Balaban J connectivity index is 2.68. The number of aliphatic carboxylic acids is 1. The van der Waals surface area contributed by atoms with Gasteiger partial charge in [-0.05, 0) is 12.8 Å². The molecule has 0 aromatic carbocycles. The van der Waals surface area contributed by atoms with Gasteiger partial charge in [-0.3, -0.25) is 0 Å². The number of carboxylic acids is 1. The summed E-state index contributed by atoms with van der Waals surface area (Å²) < 4.78 is 13.0. The van der Waals surface area contributed by atoms with Crippen LogP contribution in [0.5, 0.6) is 0 Å². The lowest BCUT2D eigenvalue weighted by Gasteiger charge is -2.20. The Kier molecular flexibility index (Phi) is 1.74. The number of halogens is 1. The summed E-state index contributed by atoms with van der Waals surface area (Å²) in [5.41, 5.74) is -1.99. The van der Waals surface area contributed by atoms with Gasteiger partial charge in [-0.2, -0.15) is 0 Å². The van der Waals surface area contributed by atoms with Crippen LogP contribution in [-0.2, 0) is 4.79 Å². The van der Waals surface area contributed by atoms with Gasteiger partial charge >= 0.3 is 5.97 Å². The van der Waals surface area contributed by atoms with Crippen LogP contribution in [0.1, 0.15) is 19.3 Å². The van der Waals surface area contributed by atoms with Gasteiger partial charge in [0, 0.05) is 6.42 Å². The molecule has 0 saturated carbocycles. The van der Waals surface area contributed by atoms with Crippen LogP contribution < -0.4 is 0 Å². The zero-order valence-electron chi connectivity index (χ0n) is 5.51. The third kappa shape index (κ3) is 1.17. The van der Waals surface area contributed by atoms with E-state index in [2.05, 4.69) is 0 Å². The van der Waals surface area contributed by atoms with Crippen LogP contribution in [0.25, 0.3) is 0 Å². The molecule has 3 heteroatoms. The molecule has 0 fully saturated rings. The Labute approximate surface area is 58.4 Å². The predicted octanol–water partition coefficient (Wildman–Crippen LogP) is 1.52. The molecule has 0 unspecified atom stereocenters. The second kappa shape index (κ2) is 2.40. The van der Waals surface area contributed by atoms with E-state index in [9.17, 15) is 9.18 Å². The van der Waals surface area contributed by atoms with Gasteiger partial charge in [0.2, 0.25) is 5.67 Å². The van der Waals surface area contributed by atoms with Gasteiger partial charge in [0.15, 0.2) is 0 Å². The van der Waals surface area contributed by atoms with E-state index in [1.165, 1.54) is 0 Å². The lowest BCUT2D eigenvalue weighted by Crippen LogP contribution is -2.34. The standard InChI is InChI=1S/C7H9FO2/c8-7(6(9)10)4-2-1-3-5-7/h1-2H,3-5H2,(H,9,10)/t7-/m0/s1. The van der Waals surface area contributed by atoms with Gasteiger partial charge in [0.1, 0.15) is 0 Å². The molecule has 0 bridgehead atoms. The smallest absolute Gasteiger partial charge is 0.341 e. The summed E-state index contributed by atoms with van der Waals surface area (Å²) in [5.74, 6) is -1.34. The van der Waals surface area contributed by atoms with Crippen molar-refractivity contribution in [1.82, 2.24) is 0 Å². The lowest BCUT2D eigenvalue weighted by atomic mass is 9.91. The third-order valence-corrected chi connectivity index (χ3v) is 1.70. The third-order valence-electron chi connectivity index (χ3n) is 1.70. The highest BCUT2D eigenvalue weighted by atomic mass is 19.1. The fraction of sp³-hybridized carbons (Fsp3) is 0.571. The van der Waals surface area contributed by atoms with Gasteiger partial charge in [-0.15, -0.1) is 0 Å². The molecule has 0 heterocycles. The van der Waals surface area contributed by atoms with E-state index in [1.807, 2.05) is 0 Å². The molecule has 0 saturated heterocycles. The molecule has 1 N–H and O–H groups in total. The maximum absolute atomic E-state index is 13.0. The van der Waals surface area contributed by atoms with Gasteiger partial charge in [0.25, 0.3) is 0 Å². The molecular weight excluding hydrogens is 135 g/mol. The summed E-state index contributed by atoms with van der Waals surface area (Å²) in [4.78, 5) is 10.3. The fourth-order valence-electron chi connectivity index (χ4n) is 0.996. The number of hydrogen-bond acceptors (Lipinski definition) is 1. The predicted molar refractivity (Wildman–Crippen MR) is 34.5 cm³/mol. The number of carbonyl (C=O) groups is 1. The minimum atomic E-state index is -1.99. The van der Waals surface area contributed by atoms with Crippen LogP contribution in [-0.4, -0.2) is 16.7 Å². The van der Waals surface area contributed by atoms with Crippen molar-refractivity contribution in [3.05, 3.63) is 12.2 Å². The zero-order chi connectivity index (χ0) is 7.61. The molecule has 0 aromatic rings. The number of alkyl halides is 1. The van der Waals surface area contributed by atoms with E-state index < -0.39 is 11.6 Å². The second-order valence-corrected chi connectivity index (χ2v) is 2.48. The van der Waals surface area contributed by atoms with Gasteiger partial charge in [-0.1, -0.05) is 12.2 Å². The molecule has 0 radical (unpaired) electrons. The highest BCUT2D eigenvalue weighted by molar-refractivity contribution is 5.77. The molecule has 1 rings (SSSR count). The van der Waals surface area contributed by atoms with Crippen molar-refractivity contribution >= 4 is 5.97 Å². The highest BCUT2D eigenvalue weighted by Gasteiger charge is 2.37. The number of allylic oxidation sites excluding steroid dienone is 2. The highest BCUT2D eigenvalue weighted by Crippen LogP contribution is 2.27. The van der Waals surface area contributed by atoms with E-state index in [1.54, 1.807) is 12.2 Å². The van der Waals surface area contributed by atoms with Gasteiger partial charge < -0.3 is 5.11 Å². The molecule has 10 heavy (non-hydrogen) atoms. The van der Waals surface area contributed by atoms with E-state index >= 15 is 0 Å².